The van der Waals surface area contributed by atoms with Crippen LogP contribution in [0.1, 0.15) is 85.1 Å². The number of hydrogen-bond donors (Lipinski definition) is 3. The number of benzene rings is 1. The number of imide groups is 1. The number of nitrogens with one attached hydrogen (secondary N) is 3. The highest BCUT2D eigenvalue weighted by atomic mass is 32.1. The molecule has 2 bridgehead atoms. The van der Waals surface area contributed by atoms with Gasteiger partial charge in [-0.2, -0.15) is 14.6 Å². The van der Waals surface area contributed by atoms with Crippen LogP contribution in [0.15, 0.2) is 42.9 Å². The lowest BCUT2D eigenvalue weighted by Crippen LogP contribution is -2.49. The highest BCUT2D eigenvalue weighted by Crippen LogP contribution is 2.38. The van der Waals surface area contributed by atoms with Crippen molar-refractivity contribution in [1.29, 1.82) is 0 Å². The molecule has 4 saturated heterocycles. The summed E-state index contributed by atoms with van der Waals surface area (Å²) in [4.78, 5) is 62.4. The third kappa shape index (κ3) is 7.97. The number of anilines is 3. The zero-order chi connectivity index (χ0) is 41.8. The molecule has 4 amide bonds. The number of ether oxygens (including phenoxy) is 1. The zero-order valence-electron chi connectivity index (χ0n) is 33.3. The fraction of sp³-hybridized carbons (Fsp3) is 0.512. The van der Waals surface area contributed by atoms with Crippen molar-refractivity contribution in [3.05, 3.63) is 59.8 Å². The second-order valence-electron chi connectivity index (χ2n) is 16.8. The molecule has 4 aromatic heterocycles. The number of alkyl halides is 2. The second kappa shape index (κ2) is 16.4. The number of piperazine rings is 1. The van der Waals surface area contributed by atoms with E-state index in [-0.39, 0.29) is 60.1 Å². The quantitative estimate of drug-likeness (QED) is 0.161. The van der Waals surface area contributed by atoms with Crippen molar-refractivity contribution in [3.63, 3.8) is 0 Å². The molecular formula is C41H46F2N12O5S. The first-order valence-corrected chi connectivity index (χ1v) is 21.8. The first-order chi connectivity index (χ1) is 29.6. The number of morpholine rings is 1. The van der Waals surface area contributed by atoms with Crippen molar-refractivity contribution < 1.29 is 32.7 Å². The molecule has 5 aromatic rings. The lowest BCUT2D eigenvalue weighted by molar-refractivity contribution is -0.134. The molecule has 0 radical (unpaired) electrons. The number of hydrogen-bond acceptors (Lipinski definition) is 13. The van der Waals surface area contributed by atoms with E-state index in [2.05, 4.69) is 45.2 Å². The first kappa shape index (κ1) is 39.7. The molecule has 20 heteroatoms. The topological polar surface area (TPSA) is 184 Å². The van der Waals surface area contributed by atoms with Crippen molar-refractivity contribution in [2.75, 3.05) is 68.0 Å². The summed E-state index contributed by atoms with van der Waals surface area (Å²) in [6, 6.07) is 7.61. The van der Waals surface area contributed by atoms with E-state index >= 15 is 0 Å². The number of amides is 4. The lowest BCUT2D eigenvalue weighted by atomic mass is 9.85. The molecule has 5 aliphatic rings. The van der Waals surface area contributed by atoms with E-state index in [9.17, 15) is 28.0 Å². The maximum Gasteiger partial charge on any atom is 0.284 e. The molecule has 8 heterocycles. The molecule has 4 aliphatic heterocycles. The van der Waals surface area contributed by atoms with Gasteiger partial charge in [0.1, 0.15) is 11.4 Å². The fourth-order valence-electron chi connectivity index (χ4n) is 9.66. The second-order valence-corrected chi connectivity index (χ2v) is 17.6. The van der Waals surface area contributed by atoms with Crippen LogP contribution in [-0.4, -0.2) is 127 Å². The molecule has 3 atom stereocenters. The van der Waals surface area contributed by atoms with Gasteiger partial charge in [0.05, 0.1) is 65.2 Å². The number of carbonyl (C=O) groups is 4. The summed E-state index contributed by atoms with van der Waals surface area (Å²) in [6.45, 7) is 5.75. The molecule has 61 heavy (non-hydrogen) atoms. The number of carbonyl (C=O) groups excluding carboxylic acids is 4. The van der Waals surface area contributed by atoms with Crippen LogP contribution >= 0.6 is 11.5 Å². The van der Waals surface area contributed by atoms with Crippen molar-refractivity contribution in [3.8, 4) is 0 Å². The van der Waals surface area contributed by atoms with Crippen LogP contribution in [0, 0.1) is 5.92 Å². The standard InChI is InChI=1S/C41H46F2N12O5S/c42-38(43)36-31(46-41(59)29-17-44-54-11-10-32(47-39(29)54)53-19-26-16-25(53)22-60-26)20-55(49-36)24-6-4-23(5-7-24)18-51-12-14-52(15-13-51)21-34(57)45-30-3-1-2-27-35(50-61-37(27)30)28-8-9-33(56)48-40(28)58/h1-3,10-11,17,20,23-26,28,38H,4-9,12-16,18-19,21-22H2,(H,45,57)(H,46,59)(H,48,56,58)/t23-,24-,25-,26-,28+/m0/s1. The smallest absolute Gasteiger partial charge is 0.284 e. The van der Waals surface area contributed by atoms with Gasteiger partial charge in [-0.05, 0) is 68.1 Å². The molecular weight excluding hydrogens is 811 g/mol. The Bertz CT molecular complexity index is 2490. The Morgan fingerprint density at radius 3 is 2.56 bits per heavy atom. The molecule has 0 unspecified atom stereocenters. The third-order valence-electron chi connectivity index (χ3n) is 12.9. The number of piperidine rings is 1. The molecule has 1 aliphatic carbocycles. The minimum atomic E-state index is -2.87. The number of nitrogens with zero attached hydrogens (tertiary/aromatic N) is 9. The minimum Gasteiger partial charge on any atom is -0.374 e. The third-order valence-corrected chi connectivity index (χ3v) is 13.8. The van der Waals surface area contributed by atoms with Crippen molar-refractivity contribution in [2.24, 2.45) is 5.92 Å². The van der Waals surface area contributed by atoms with Gasteiger partial charge in [-0.1, -0.05) is 12.1 Å². The van der Waals surface area contributed by atoms with Crippen LogP contribution in [0.5, 0.6) is 0 Å². The van der Waals surface area contributed by atoms with Gasteiger partial charge in [-0.15, -0.1) is 0 Å². The zero-order valence-corrected chi connectivity index (χ0v) is 34.2. The van der Waals surface area contributed by atoms with Crippen LogP contribution in [0.25, 0.3) is 15.7 Å². The van der Waals surface area contributed by atoms with Gasteiger partial charge in [0.25, 0.3) is 12.3 Å². The number of aromatic nitrogens is 6. The Morgan fingerprint density at radius 1 is 0.984 bits per heavy atom. The Hall–Kier alpha value is -5.44. The van der Waals surface area contributed by atoms with Gasteiger partial charge in [-0.25, -0.2) is 18.3 Å². The number of halogens is 2. The van der Waals surface area contributed by atoms with Crippen LogP contribution in [0.4, 0.5) is 26.0 Å². The summed E-state index contributed by atoms with van der Waals surface area (Å²) in [5.41, 5.74) is 1.35. The average Bonchev–Trinajstić information content (AvgIpc) is 4.11. The van der Waals surface area contributed by atoms with Gasteiger partial charge in [-0.3, -0.25) is 34.1 Å². The monoisotopic (exact) mass is 856 g/mol. The predicted octanol–water partition coefficient (Wildman–Crippen LogP) is 4.21. The summed E-state index contributed by atoms with van der Waals surface area (Å²) < 4.78 is 42.7. The van der Waals surface area contributed by atoms with Gasteiger partial charge in [0, 0.05) is 63.5 Å². The van der Waals surface area contributed by atoms with E-state index in [1.165, 1.54) is 28.4 Å². The summed E-state index contributed by atoms with van der Waals surface area (Å²) in [6.07, 6.45) is 7.04. The summed E-state index contributed by atoms with van der Waals surface area (Å²) >= 11 is 1.24. The van der Waals surface area contributed by atoms with E-state index < -0.39 is 23.9 Å². The SMILES string of the molecule is O=C1CC[C@H](c2nsc3c(NC(=O)CN4CCN(C[C@H]5CC[C@H](n6cc(NC(=O)c7cnn8ccc(N9C[C@@H]%10C[C@H]9CO%10)nc78)c(C(F)F)n6)CC5)CC4)cccc23)C(=O)N1. The van der Waals surface area contributed by atoms with Crippen LogP contribution < -0.4 is 20.9 Å². The lowest BCUT2D eigenvalue weighted by Gasteiger charge is -2.38. The van der Waals surface area contributed by atoms with E-state index in [0.29, 0.717) is 36.0 Å². The molecule has 1 saturated carbocycles. The Kier molecular flexibility index (Phi) is 10.7. The van der Waals surface area contributed by atoms with Crippen LogP contribution in [-0.2, 0) is 19.1 Å². The molecule has 1 aromatic carbocycles. The molecule has 17 nitrogen and oxygen atoms in total. The van der Waals surface area contributed by atoms with Gasteiger partial charge >= 0.3 is 0 Å². The van der Waals surface area contributed by atoms with Gasteiger partial charge < -0.3 is 25.2 Å². The minimum absolute atomic E-state index is 0.0160. The Balaban J connectivity index is 0.699. The van der Waals surface area contributed by atoms with Crippen LogP contribution in [0.2, 0.25) is 0 Å². The highest BCUT2D eigenvalue weighted by molar-refractivity contribution is 7.14. The van der Waals surface area contributed by atoms with Crippen molar-refractivity contribution >= 4 is 68.1 Å². The van der Waals surface area contributed by atoms with E-state index in [4.69, 9.17) is 9.72 Å². The van der Waals surface area contributed by atoms with E-state index in [1.807, 2.05) is 24.3 Å². The van der Waals surface area contributed by atoms with Crippen LogP contribution in [0.3, 0.4) is 0 Å². The van der Waals surface area contributed by atoms with Crippen molar-refractivity contribution in [1.82, 2.24) is 43.9 Å². The normalized spacial score (nSPS) is 24.9. The molecule has 3 N–H and O–H groups in total. The fourth-order valence-corrected chi connectivity index (χ4v) is 10.6. The number of rotatable bonds is 11. The summed E-state index contributed by atoms with van der Waals surface area (Å²) in [5, 5.41) is 17.5. The average molecular weight is 857 g/mol. The van der Waals surface area contributed by atoms with E-state index in [1.54, 1.807) is 10.9 Å². The first-order valence-electron chi connectivity index (χ1n) is 21.0. The predicted molar refractivity (Wildman–Crippen MR) is 221 cm³/mol. The summed E-state index contributed by atoms with van der Waals surface area (Å²) in [5.74, 6) is -0.615. The summed E-state index contributed by atoms with van der Waals surface area (Å²) in [7, 11) is 0. The maximum atomic E-state index is 14.3. The largest absolute Gasteiger partial charge is 0.374 e. The molecule has 0 spiro atoms. The Morgan fingerprint density at radius 2 is 1.80 bits per heavy atom. The molecule has 10 rings (SSSR count). The van der Waals surface area contributed by atoms with Crippen molar-refractivity contribution in [2.45, 2.75) is 75.5 Å². The van der Waals surface area contributed by atoms with Gasteiger partial charge in [0.2, 0.25) is 17.7 Å². The Labute approximate surface area is 352 Å². The highest BCUT2D eigenvalue weighted by Gasteiger charge is 2.40. The van der Waals surface area contributed by atoms with E-state index in [0.717, 1.165) is 87.3 Å². The van der Waals surface area contributed by atoms with Gasteiger partial charge in [0.15, 0.2) is 11.3 Å². The number of fused-ring (bicyclic) bond motifs is 4. The molecule has 320 valence electrons. The molecule has 5 fully saturated rings. The maximum absolute atomic E-state index is 14.3.